The Morgan fingerprint density at radius 3 is 2.86 bits per heavy atom. The second-order valence-electron chi connectivity index (χ2n) is 5.64. The molecule has 1 aliphatic rings. The quantitative estimate of drug-likeness (QED) is 0.756. The van der Waals surface area contributed by atoms with Crippen LogP contribution in [0.1, 0.15) is 23.2 Å². The summed E-state index contributed by atoms with van der Waals surface area (Å²) < 4.78 is 0. The van der Waals surface area contributed by atoms with E-state index < -0.39 is 0 Å². The van der Waals surface area contributed by atoms with Gasteiger partial charge in [0.1, 0.15) is 5.82 Å². The summed E-state index contributed by atoms with van der Waals surface area (Å²) in [5, 5.41) is 15.3. The number of nitrogens with one attached hydrogen (secondary N) is 2. The van der Waals surface area contributed by atoms with E-state index in [1.54, 1.807) is 30.7 Å². The molecule has 1 amide bonds. The van der Waals surface area contributed by atoms with Crippen molar-refractivity contribution in [2.45, 2.75) is 12.8 Å². The molecule has 1 aliphatic carbocycles. The van der Waals surface area contributed by atoms with Crippen molar-refractivity contribution in [1.29, 1.82) is 0 Å². The molecule has 0 bridgehead atoms. The average Bonchev–Trinajstić information content (AvgIpc) is 3.34. The van der Waals surface area contributed by atoms with Crippen LogP contribution < -0.4 is 10.6 Å². The van der Waals surface area contributed by atoms with E-state index in [4.69, 9.17) is 0 Å². The first-order valence-corrected chi connectivity index (χ1v) is 7.23. The number of aliphatic hydroxyl groups excluding tert-OH is 1. The van der Waals surface area contributed by atoms with Crippen molar-refractivity contribution < 1.29 is 9.90 Å². The van der Waals surface area contributed by atoms with Gasteiger partial charge in [-0.05, 0) is 31.0 Å². The Morgan fingerprint density at radius 1 is 1.32 bits per heavy atom. The molecule has 2 aromatic rings. The Kier molecular flexibility index (Phi) is 4.02. The summed E-state index contributed by atoms with van der Waals surface area (Å²) in [5.74, 6) is 0.486. The first kappa shape index (κ1) is 14.5. The molecule has 3 N–H and O–H groups in total. The number of nitrogens with zero attached hydrogens (tertiary/aromatic N) is 2. The minimum Gasteiger partial charge on any atom is -0.396 e. The molecule has 0 radical (unpaired) electrons. The third kappa shape index (κ3) is 3.40. The van der Waals surface area contributed by atoms with Crippen molar-refractivity contribution in [3.63, 3.8) is 0 Å². The number of benzene rings is 1. The van der Waals surface area contributed by atoms with Crippen LogP contribution in [0.2, 0.25) is 0 Å². The van der Waals surface area contributed by atoms with E-state index in [0.717, 1.165) is 18.5 Å². The second kappa shape index (κ2) is 6.11. The second-order valence-corrected chi connectivity index (χ2v) is 5.64. The maximum absolute atomic E-state index is 12.2. The summed E-state index contributed by atoms with van der Waals surface area (Å²) >= 11 is 0. The first-order chi connectivity index (χ1) is 10.7. The number of hydrogen-bond donors (Lipinski definition) is 3. The fraction of sp³-hybridized carbons (Fsp3) is 0.312. The fourth-order valence-electron chi connectivity index (χ4n) is 2.19. The third-order valence-corrected chi connectivity index (χ3v) is 3.88. The van der Waals surface area contributed by atoms with Crippen LogP contribution in [0.3, 0.4) is 0 Å². The number of anilines is 2. The monoisotopic (exact) mass is 298 g/mol. The van der Waals surface area contributed by atoms with Crippen LogP contribution >= 0.6 is 0 Å². The van der Waals surface area contributed by atoms with Crippen LogP contribution in [-0.4, -0.2) is 34.1 Å². The molecule has 1 saturated carbocycles. The summed E-state index contributed by atoms with van der Waals surface area (Å²) in [4.78, 5) is 20.3. The minimum atomic E-state index is -0.137. The molecule has 0 saturated heterocycles. The number of aromatic nitrogens is 2. The van der Waals surface area contributed by atoms with Gasteiger partial charge >= 0.3 is 0 Å². The van der Waals surface area contributed by atoms with Gasteiger partial charge in [0, 0.05) is 35.6 Å². The zero-order valence-corrected chi connectivity index (χ0v) is 12.1. The average molecular weight is 298 g/mol. The van der Waals surface area contributed by atoms with Crippen molar-refractivity contribution in [2.75, 3.05) is 18.5 Å². The lowest BCUT2D eigenvalue weighted by atomic mass is 10.1. The number of amides is 1. The molecule has 0 aliphatic heterocycles. The zero-order valence-electron chi connectivity index (χ0n) is 12.1. The Hall–Kier alpha value is -2.47. The van der Waals surface area contributed by atoms with Crippen molar-refractivity contribution >= 4 is 17.4 Å². The largest absolute Gasteiger partial charge is 0.396 e. The Morgan fingerprint density at radius 2 is 2.18 bits per heavy atom. The minimum absolute atomic E-state index is 0.0921. The van der Waals surface area contributed by atoms with E-state index in [1.165, 1.54) is 0 Å². The Balaban J connectivity index is 1.64. The molecule has 0 atom stereocenters. The van der Waals surface area contributed by atoms with Crippen molar-refractivity contribution in [2.24, 2.45) is 5.41 Å². The Labute approximate surface area is 128 Å². The smallest absolute Gasteiger partial charge is 0.251 e. The molecule has 1 fully saturated rings. The molecule has 114 valence electrons. The van der Waals surface area contributed by atoms with Crippen molar-refractivity contribution in [3.05, 3.63) is 48.4 Å². The summed E-state index contributed by atoms with van der Waals surface area (Å²) in [6.45, 7) is 0.645. The highest BCUT2D eigenvalue weighted by Crippen LogP contribution is 2.44. The van der Waals surface area contributed by atoms with Crippen LogP contribution in [0.5, 0.6) is 0 Å². The number of carbonyl (C=O) groups excluding carboxylic acids is 1. The fourth-order valence-corrected chi connectivity index (χ4v) is 2.19. The first-order valence-electron chi connectivity index (χ1n) is 7.23. The van der Waals surface area contributed by atoms with Gasteiger partial charge in [-0.15, -0.1) is 0 Å². The molecule has 6 heteroatoms. The Bertz CT molecular complexity index is 656. The lowest BCUT2D eigenvalue weighted by Crippen LogP contribution is -2.31. The van der Waals surface area contributed by atoms with E-state index in [9.17, 15) is 9.90 Å². The summed E-state index contributed by atoms with van der Waals surface area (Å²) in [7, 11) is 0. The number of rotatable bonds is 6. The zero-order chi connectivity index (χ0) is 15.4. The maximum Gasteiger partial charge on any atom is 0.251 e. The topological polar surface area (TPSA) is 87.1 Å². The predicted molar refractivity (Wildman–Crippen MR) is 82.8 cm³/mol. The van der Waals surface area contributed by atoms with Crippen LogP contribution in [0.4, 0.5) is 11.5 Å². The SMILES string of the molecule is O=C(NCC1(CO)CC1)c1cccc(Nc2cnccn2)c1. The highest BCUT2D eigenvalue weighted by Gasteiger charge is 2.42. The normalized spacial score (nSPS) is 15.1. The van der Waals surface area contributed by atoms with Crippen molar-refractivity contribution in [3.8, 4) is 0 Å². The molecule has 1 aromatic heterocycles. The number of carbonyl (C=O) groups is 1. The van der Waals surface area contributed by atoms with Crippen LogP contribution in [0.25, 0.3) is 0 Å². The molecule has 6 nitrogen and oxygen atoms in total. The van der Waals surface area contributed by atoms with Gasteiger partial charge in [0.15, 0.2) is 0 Å². The highest BCUT2D eigenvalue weighted by atomic mass is 16.3. The van der Waals surface area contributed by atoms with Crippen LogP contribution in [0, 0.1) is 5.41 Å². The van der Waals surface area contributed by atoms with Gasteiger partial charge in [0.2, 0.25) is 0 Å². The van der Waals surface area contributed by atoms with E-state index in [1.807, 2.05) is 12.1 Å². The van der Waals surface area contributed by atoms with E-state index >= 15 is 0 Å². The third-order valence-electron chi connectivity index (χ3n) is 3.88. The molecule has 0 unspecified atom stereocenters. The van der Waals surface area contributed by atoms with Gasteiger partial charge in [-0.2, -0.15) is 0 Å². The maximum atomic E-state index is 12.2. The van der Waals surface area contributed by atoms with Crippen LogP contribution in [0.15, 0.2) is 42.9 Å². The van der Waals surface area contributed by atoms with Gasteiger partial charge in [0.05, 0.1) is 12.8 Å². The van der Waals surface area contributed by atoms with Gasteiger partial charge in [-0.3, -0.25) is 9.78 Å². The predicted octanol–water partition coefficient (Wildman–Crippen LogP) is 1.72. The molecular weight excluding hydrogens is 280 g/mol. The summed E-state index contributed by atoms with van der Waals surface area (Å²) in [5.41, 5.74) is 1.25. The standard InChI is InChI=1S/C16H18N4O2/c21-11-16(4-5-16)10-19-15(22)12-2-1-3-13(8-12)20-14-9-17-6-7-18-14/h1-3,6-9,21H,4-5,10-11H2,(H,18,20)(H,19,22). The van der Waals surface area contributed by atoms with E-state index in [0.29, 0.717) is 17.9 Å². The van der Waals surface area contributed by atoms with Gasteiger partial charge in [0.25, 0.3) is 5.91 Å². The molecule has 0 spiro atoms. The summed E-state index contributed by atoms with van der Waals surface area (Å²) in [6.07, 6.45) is 6.76. The highest BCUT2D eigenvalue weighted by molar-refractivity contribution is 5.95. The molecule has 22 heavy (non-hydrogen) atoms. The summed E-state index contributed by atoms with van der Waals surface area (Å²) in [6, 6.07) is 7.20. The van der Waals surface area contributed by atoms with E-state index in [2.05, 4.69) is 20.6 Å². The van der Waals surface area contributed by atoms with Gasteiger partial charge in [-0.1, -0.05) is 6.07 Å². The van der Waals surface area contributed by atoms with Crippen molar-refractivity contribution in [1.82, 2.24) is 15.3 Å². The lowest BCUT2D eigenvalue weighted by Gasteiger charge is -2.13. The lowest BCUT2D eigenvalue weighted by molar-refractivity contribution is 0.0935. The van der Waals surface area contributed by atoms with Crippen LogP contribution in [-0.2, 0) is 0 Å². The number of aliphatic hydroxyl groups is 1. The van der Waals surface area contributed by atoms with Gasteiger partial charge in [-0.25, -0.2) is 4.98 Å². The number of hydrogen-bond acceptors (Lipinski definition) is 5. The molecule has 3 rings (SSSR count). The molecular formula is C16H18N4O2. The molecule has 1 heterocycles. The van der Waals surface area contributed by atoms with E-state index in [-0.39, 0.29) is 17.9 Å². The molecule has 1 aromatic carbocycles. The van der Waals surface area contributed by atoms with Gasteiger partial charge < -0.3 is 15.7 Å².